The second-order valence-electron chi connectivity index (χ2n) is 14.6. The summed E-state index contributed by atoms with van der Waals surface area (Å²) in [5.41, 5.74) is 2.78. The van der Waals surface area contributed by atoms with Crippen LogP contribution in [0.1, 0.15) is 77.3 Å². The average molecular weight is 653 g/mol. The molecule has 0 spiro atoms. The van der Waals surface area contributed by atoms with Crippen LogP contribution in [0.3, 0.4) is 0 Å². The minimum Gasteiger partial charge on any atom is -0.444 e. The lowest BCUT2D eigenvalue weighted by Crippen LogP contribution is -2.41. The van der Waals surface area contributed by atoms with E-state index in [0.29, 0.717) is 36.0 Å². The second kappa shape index (κ2) is 12.5. The maximum Gasteiger partial charge on any atom is 0.413 e. The number of ether oxygens (including phenoxy) is 3. The number of pyridine rings is 2. The Labute approximate surface area is 270 Å². The SMILES string of the molecule is Cc1c(-c2cc3cc(NC(=O)O[C@@H]4CCOC4)ncc3c(NC(=O)OC(C)(C)C)c2F)cnc2c1C(O[Si](C)(C)C(C)(C)C)CC2. The number of hydrogen-bond donors (Lipinski definition) is 2. The summed E-state index contributed by atoms with van der Waals surface area (Å²) in [6.45, 7) is 19.1. The van der Waals surface area contributed by atoms with Crippen molar-refractivity contribution in [2.75, 3.05) is 23.8 Å². The molecule has 0 saturated carbocycles. The van der Waals surface area contributed by atoms with Crippen LogP contribution in [0.4, 0.5) is 25.5 Å². The van der Waals surface area contributed by atoms with Gasteiger partial charge in [-0.25, -0.2) is 19.0 Å². The number of benzene rings is 1. The van der Waals surface area contributed by atoms with E-state index in [0.717, 1.165) is 29.7 Å². The fraction of sp³-hybridized carbons (Fsp3) is 0.529. The number of carbonyl (C=O) groups is 2. The molecule has 10 nitrogen and oxygen atoms in total. The maximum absolute atomic E-state index is 16.6. The van der Waals surface area contributed by atoms with E-state index in [9.17, 15) is 9.59 Å². The van der Waals surface area contributed by atoms with Crippen molar-refractivity contribution in [3.63, 3.8) is 0 Å². The number of halogens is 1. The minimum absolute atomic E-state index is 0.0263. The molecule has 2 aromatic heterocycles. The smallest absolute Gasteiger partial charge is 0.413 e. The number of nitrogens with zero attached hydrogens (tertiary/aromatic N) is 2. The number of aromatic nitrogens is 2. The Balaban J connectivity index is 1.58. The molecule has 248 valence electrons. The van der Waals surface area contributed by atoms with Gasteiger partial charge >= 0.3 is 12.2 Å². The highest BCUT2D eigenvalue weighted by molar-refractivity contribution is 6.74. The Morgan fingerprint density at radius 3 is 2.39 bits per heavy atom. The largest absolute Gasteiger partial charge is 0.444 e. The lowest BCUT2D eigenvalue weighted by Gasteiger charge is -2.39. The number of aryl methyl sites for hydroxylation is 1. The van der Waals surface area contributed by atoms with Crippen molar-refractivity contribution in [3.05, 3.63) is 47.2 Å². The Kier molecular flexibility index (Phi) is 9.19. The molecule has 1 fully saturated rings. The molecular formula is C34H45FN4O6Si. The van der Waals surface area contributed by atoms with E-state index in [1.54, 1.807) is 39.1 Å². The predicted molar refractivity (Wildman–Crippen MR) is 178 cm³/mol. The van der Waals surface area contributed by atoms with Gasteiger partial charge in [-0.15, -0.1) is 0 Å². The quantitative estimate of drug-likeness (QED) is 0.255. The van der Waals surface area contributed by atoms with Gasteiger partial charge in [0.25, 0.3) is 0 Å². The van der Waals surface area contributed by atoms with Gasteiger partial charge in [-0.1, -0.05) is 20.8 Å². The van der Waals surface area contributed by atoms with Crippen LogP contribution in [-0.4, -0.2) is 55.4 Å². The zero-order chi connectivity index (χ0) is 33.6. The van der Waals surface area contributed by atoms with Crippen LogP contribution in [0.25, 0.3) is 21.9 Å². The number of hydrogen-bond acceptors (Lipinski definition) is 8. The molecule has 2 atom stereocenters. The van der Waals surface area contributed by atoms with Crippen molar-refractivity contribution < 1.29 is 32.6 Å². The summed E-state index contributed by atoms with van der Waals surface area (Å²) in [7, 11) is -2.11. The van der Waals surface area contributed by atoms with Crippen LogP contribution in [0.2, 0.25) is 18.1 Å². The Bertz CT molecular complexity index is 1660. The zero-order valence-electron chi connectivity index (χ0n) is 28.2. The van der Waals surface area contributed by atoms with Crippen molar-refractivity contribution in [1.29, 1.82) is 0 Å². The molecule has 5 rings (SSSR count). The third-order valence-corrected chi connectivity index (χ3v) is 13.4. The van der Waals surface area contributed by atoms with Crippen molar-refractivity contribution in [2.45, 2.75) is 104 Å². The summed E-state index contributed by atoms with van der Waals surface area (Å²) in [6.07, 6.45) is 3.37. The van der Waals surface area contributed by atoms with Crippen molar-refractivity contribution >= 4 is 42.8 Å². The maximum atomic E-state index is 16.6. The van der Waals surface area contributed by atoms with Crippen LogP contribution < -0.4 is 10.6 Å². The fourth-order valence-electron chi connectivity index (χ4n) is 5.59. The summed E-state index contributed by atoms with van der Waals surface area (Å²) in [5.74, 6) is -0.435. The van der Waals surface area contributed by atoms with Gasteiger partial charge in [0.15, 0.2) is 14.1 Å². The predicted octanol–water partition coefficient (Wildman–Crippen LogP) is 8.44. The summed E-state index contributed by atoms with van der Waals surface area (Å²) in [4.78, 5) is 34.5. The minimum atomic E-state index is -2.11. The van der Waals surface area contributed by atoms with E-state index in [1.807, 2.05) is 6.92 Å². The van der Waals surface area contributed by atoms with E-state index < -0.39 is 31.9 Å². The summed E-state index contributed by atoms with van der Waals surface area (Å²) >= 11 is 0. The second-order valence-corrected chi connectivity index (χ2v) is 19.4. The van der Waals surface area contributed by atoms with Gasteiger partial charge in [0.05, 0.1) is 25.0 Å². The first-order valence-corrected chi connectivity index (χ1v) is 18.7. The average Bonchev–Trinajstić information content (AvgIpc) is 3.59. The van der Waals surface area contributed by atoms with Crippen LogP contribution >= 0.6 is 0 Å². The molecule has 3 heterocycles. The first-order chi connectivity index (χ1) is 21.4. The van der Waals surface area contributed by atoms with E-state index in [-0.39, 0.29) is 34.3 Å². The van der Waals surface area contributed by atoms with Gasteiger partial charge in [0.2, 0.25) is 0 Å². The van der Waals surface area contributed by atoms with Gasteiger partial charge in [-0.2, -0.15) is 0 Å². The highest BCUT2D eigenvalue weighted by Gasteiger charge is 2.41. The topological polar surface area (TPSA) is 121 Å². The summed E-state index contributed by atoms with van der Waals surface area (Å²) < 4.78 is 39.6. The molecule has 2 N–H and O–H groups in total. The summed E-state index contributed by atoms with van der Waals surface area (Å²) in [6, 6.07) is 3.30. The highest BCUT2D eigenvalue weighted by Crippen LogP contribution is 2.46. The van der Waals surface area contributed by atoms with Gasteiger partial charge in [0, 0.05) is 46.6 Å². The van der Waals surface area contributed by atoms with Gasteiger partial charge in [-0.3, -0.25) is 15.6 Å². The van der Waals surface area contributed by atoms with Gasteiger partial charge < -0.3 is 18.6 Å². The normalized spacial score (nSPS) is 18.4. The van der Waals surface area contributed by atoms with Crippen molar-refractivity contribution in [3.8, 4) is 11.1 Å². The standard InChI is InChI=1S/C34H45FN4O6Si/c1-19-23(16-36-25-10-11-26(28(19)25)45-46(8,9)34(5,6)7)22-14-20-15-27(38-31(40)43-21-12-13-42-18-21)37-17-24(20)30(29(22)35)39-32(41)44-33(2,3)4/h14-17,21,26H,10-13,18H2,1-9H3,(H,39,41)(H,37,38,40)/t21-,26?/m1/s1. The molecule has 46 heavy (non-hydrogen) atoms. The molecule has 1 aromatic carbocycles. The number of anilines is 2. The summed E-state index contributed by atoms with van der Waals surface area (Å²) in [5, 5.41) is 6.16. The fourth-order valence-corrected chi connectivity index (χ4v) is 6.89. The van der Waals surface area contributed by atoms with E-state index in [1.165, 1.54) is 6.20 Å². The lowest BCUT2D eigenvalue weighted by molar-refractivity contribution is 0.0635. The number of nitrogens with one attached hydrogen (secondary N) is 2. The number of amides is 2. The third-order valence-electron chi connectivity index (χ3n) is 8.95. The van der Waals surface area contributed by atoms with Crippen LogP contribution in [0.15, 0.2) is 24.5 Å². The molecule has 1 saturated heterocycles. The molecule has 3 aromatic rings. The third kappa shape index (κ3) is 7.18. The van der Waals surface area contributed by atoms with Gasteiger partial charge in [0.1, 0.15) is 17.5 Å². The van der Waals surface area contributed by atoms with Crippen molar-refractivity contribution in [1.82, 2.24) is 9.97 Å². The van der Waals surface area contributed by atoms with Crippen molar-refractivity contribution in [2.24, 2.45) is 0 Å². The number of carbonyl (C=O) groups excluding carboxylic acids is 2. The Hall–Kier alpha value is -3.61. The first kappa shape index (κ1) is 33.7. The highest BCUT2D eigenvalue weighted by atomic mass is 28.4. The lowest BCUT2D eigenvalue weighted by atomic mass is 9.94. The van der Waals surface area contributed by atoms with Crippen LogP contribution in [0.5, 0.6) is 0 Å². The van der Waals surface area contributed by atoms with E-state index >= 15 is 4.39 Å². The molecule has 1 unspecified atom stereocenters. The van der Waals surface area contributed by atoms with Gasteiger partial charge in [-0.05, 0) is 81.8 Å². The Morgan fingerprint density at radius 1 is 1.00 bits per heavy atom. The molecule has 12 heteroatoms. The number of rotatable bonds is 6. The molecular weight excluding hydrogens is 607 g/mol. The van der Waals surface area contributed by atoms with E-state index in [2.05, 4.69) is 49.5 Å². The first-order valence-electron chi connectivity index (χ1n) is 15.8. The molecule has 1 aliphatic carbocycles. The molecule has 1 aliphatic heterocycles. The van der Waals surface area contributed by atoms with Crippen LogP contribution in [-0.2, 0) is 25.1 Å². The zero-order valence-corrected chi connectivity index (χ0v) is 29.2. The molecule has 2 amide bonds. The van der Waals surface area contributed by atoms with Crippen LogP contribution in [0, 0.1) is 12.7 Å². The monoisotopic (exact) mass is 652 g/mol. The van der Waals surface area contributed by atoms with E-state index in [4.69, 9.17) is 23.6 Å². The molecule has 0 bridgehead atoms. The molecule has 2 aliphatic rings. The Morgan fingerprint density at radius 2 is 1.74 bits per heavy atom. The molecule has 0 radical (unpaired) electrons. The number of fused-ring (bicyclic) bond motifs is 2.